The minimum atomic E-state index is -4.55. The van der Waals surface area contributed by atoms with Gasteiger partial charge in [0.15, 0.2) is 0 Å². The highest BCUT2D eigenvalue weighted by molar-refractivity contribution is 6.31. The molecule has 2 aromatic carbocycles. The Morgan fingerprint density at radius 1 is 1.16 bits per heavy atom. The maximum absolute atomic E-state index is 13.6. The van der Waals surface area contributed by atoms with E-state index in [2.05, 4.69) is 4.98 Å². The van der Waals surface area contributed by atoms with E-state index in [9.17, 15) is 22.4 Å². The molecule has 32 heavy (non-hydrogen) atoms. The van der Waals surface area contributed by atoms with Gasteiger partial charge in [-0.25, -0.2) is 9.37 Å². The third kappa shape index (κ3) is 4.02. The van der Waals surface area contributed by atoms with Crippen LogP contribution in [0.1, 0.15) is 16.8 Å². The molecule has 0 fully saturated rings. The molecule has 0 bridgehead atoms. The fourth-order valence-electron chi connectivity index (χ4n) is 3.85. The molecule has 1 amide bonds. The summed E-state index contributed by atoms with van der Waals surface area (Å²) in [4.78, 5) is 20.6. The number of likely N-dealkylation sites (N-methyl/N-ethyl adjacent to an activating group) is 1. The first kappa shape index (κ1) is 22.1. The van der Waals surface area contributed by atoms with Gasteiger partial charge in [0.1, 0.15) is 17.7 Å². The van der Waals surface area contributed by atoms with Crippen molar-refractivity contribution in [3.63, 3.8) is 0 Å². The van der Waals surface area contributed by atoms with Crippen LogP contribution in [0.15, 0.2) is 54.6 Å². The molecule has 1 aromatic heterocycles. The van der Waals surface area contributed by atoms with E-state index in [0.717, 1.165) is 23.8 Å². The van der Waals surface area contributed by atoms with Gasteiger partial charge in [0, 0.05) is 30.5 Å². The van der Waals surface area contributed by atoms with Crippen molar-refractivity contribution in [3.8, 4) is 0 Å². The fourth-order valence-corrected chi connectivity index (χ4v) is 4.02. The van der Waals surface area contributed by atoms with Gasteiger partial charge in [-0.05, 0) is 48.9 Å². The normalized spacial score (nSPS) is 15.6. The largest absolute Gasteiger partial charge is 0.416 e. The maximum atomic E-state index is 13.6. The lowest BCUT2D eigenvalue weighted by Gasteiger charge is -2.30. The van der Waals surface area contributed by atoms with E-state index in [0.29, 0.717) is 11.4 Å². The predicted molar refractivity (Wildman–Crippen MR) is 115 cm³/mol. The van der Waals surface area contributed by atoms with Crippen molar-refractivity contribution in [2.75, 3.05) is 16.8 Å². The SMILES string of the molecule is Cc1cc(C(F)(F)F)cc(N2c3ccccc3CC2C(=O)N(C)c2ccc(F)c(Cl)c2)n1. The van der Waals surface area contributed by atoms with Crippen molar-refractivity contribution >= 4 is 34.7 Å². The highest BCUT2D eigenvalue weighted by Gasteiger charge is 2.39. The second kappa shape index (κ2) is 8.09. The smallest absolute Gasteiger partial charge is 0.314 e. The molecule has 1 atom stereocenters. The number of carbonyl (C=O) groups excluding carboxylic acids is 1. The number of rotatable bonds is 3. The highest BCUT2D eigenvalue weighted by Crippen LogP contribution is 2.40. The standard InChI is InChI=1S/C23H18ClF4N3O/c1-13-9-15(23(26,27)28)11-21(29-13)31-19-6-4-3-5-14(19)10-20(31)22(32)30(2)16-7-8-18(25)17(24)12-16/h3-9,11-12,20H,10H2,1-2H3. The second-order valence-corrected chi connectivity index (χ2v) is 7.97. The van der Waals surface area contributed by atoms with Crippen LogP contribution in [0, 0.1) is 12.7 Å². The van der Waals surface area contributed by atoms with Crippen molar-refractivity contribution in [2.24, 2.45) is 0 Å². The Labute approximate surface area is 187 Å². The van der Waals surface area contributed by atoms with Crippen LogP contribution in [-0.4, -0.2) is 24.0 Å². The summed E-state index contributed by atoms with van der Waals surface area (Å²) in [7, 11) is 1.51. The van der Waals surface area contributed by atoms with E-state index in [-0.39, 0.29) is 28.9 Å². The summed E-state index contributed by atoms with van der Waals surface area (Å²) in [6.07, 6.45) is -4.27. The zero-order chi connectivity index (χ0) is 23.2. The van der Waals surface area contributed by atoms with Crippen LogP contribution in [0.3, 0.4) is 0 Å². The molecule has 0 saturated carbocycles. The zero-order valence-corrected chi connectivity index (χ0v) is 17.9. The van der Waals surface area contributed by atoms with Gasteiger partial charge in [-0.1, -0.05) is 29.8 Å². The molecule has 0 spiro atoms. The Hall–Kier alpha value is -3.13. The van der Waals surface area contributed by atoms with Crippen LogP contribution in [0.2, 0.25) is 5.02 Å². The van der Waals surface area contributed by atoms with Crippen molar-refractivity contribution in [1.82, 2.24) is 4.98 Å². The van der Waals surface area contributed by atoms with Crippen molar-refractivity contribution in [1.29, 1.82) is 0 Å². The maximum Gasteiger partial charge on any atom is 0.416 e. The summed E-state index contributed by atoms with van der Waals surface area (Å²) in [5.41, 5.74) is 1.14. The molecular formula is C23H18ClF4N3O. The average Bonchev–Trinajstić information content (AvgIpc) is 3.13. The van der Waals surface area contributed by atoms with Crippen LogP contribution in [-0.2, 0) is 17.4 Å². The molecule has 0 aliphatic carbocycles. The van der Waals surface area contributed by atoms with Crippen molar-refractivity contribution < 1.29 is 22.4 Å². The Bertz CT molecular complexity index is 1200. The molecule has 2 heterocycles. The fraction of sp³-hybridized carbons (Fsp3) is 0.217. The quantitative estimate of drug-likeness (QED) is 0.452. The third-order valence-electron chi connectivity index (χ3n) is 5.40. The number of benzene rings is 2. The summed E-state index contributed by atoms with van der Waals surface area (Å²) >= 11 is 5.86. The first-order chi connectivity index (χ1) is 15.1. The number of anilines is 3. The molecule has 0 saturated heterocycles. The van der Waals surface area contributed by atoms with Gasteiger partial charge in [0.25, 0.3) is 0 Å². The first-order valence-corrected chi connectivity index (χ1v) is 10.1. The molecule has 1 aliphatic heterocycles. The number of aryl methyl sites for hydroxylation is 1. The number of para-hydroxylation sites is 1. The summed E-state index contributed by atoms with van der Waals surface area (Å²) in [6, 6.07) is 12.1. The number of pyridine rings is 1. The van der Waals surface area contributed by atoms with E-state index < -0.39 is 23.6 Å². The van der Waals surface area contributed by atoms with E-state index >= 15 is 0 Å². The molecule has 9 heteroatoms. The number of hydrogen-bond acceptors (Lipinski definition) is 3. The summed E-state index contributed by atoms with van der Waals surface area (Å²) in [5.74, 6) is -0.971. The van der Waals surface area contributed by atoms with Gasteiger partial charge in [-0.3, -0.25) is 4.79 Å². The Morgan fingerprint density at radius 3 is 2.56 bits per heavy atom. The monoisotopic (exact) mass is 463 g/mol. The van der Waals surface area contributed by atoms with Gasteiger partial charge < -0.3 is 9.80 Å². The van der Waals surface area contributed by atoms with E-state index in [1.165, 1.54) is 35.9 Å². The molecule has 0 N–H and O–H groups in total. The van der Waals surface area contributed by atoms with Crippen LogP contribution in [0.25, 0.3) is 0 Å². The van der Waals surface area contributed by atoms with Crippen molar-refractivity contribution in [2.45, 2.75) is 25.6 Å². The topological polar surface area (TPSA) is 36.4 Å². The molecule has 4 rings (SSSR count). The van der Waals surface area contributed by atoms with Crippen LogP contribution < -0.4 is 9.80 Å². The molecule has 166 valence electrons. The molecule has 1 aliphatic rings. The van der Waals surface area contributed by atoms with Gasteiger partial charge in [-0.15, -0.1) is 0 Å². The number of aromatic nitrogens is 1. The van der Waals surface area contributed by atoms with Crippen LogP contribution in [0.4, 0.5) is 34.8 Å². The molecular weight excluding hydrogens is 446 g/mol. The van der Waals surface area contributed by atoms with Gasteiger partial charge in [0.05, 0.1) is 10.6 Å². The highest BCUT2D eigenvalue weighted by atomic mass is 35.5. The number of fused-ring (bicyclic) bond motifs is 1. The molecule has 0 radical (unpaired) electrons. The van der Waals surface area contributed by atoms with Crippen LogP contribution in [0.5, 0.6) is 0 Å². The van der Waals surface area contributed by atoms with E-state index in [4.69, 9.17) is 11.6 Å². The van der Waals surface area contributed by atoms with Gasteiger partial charge in [-0.2, -0.15) is 13.2 Å². The average molecular weight is 464 g/mol. The Balaban J connectivity index is 1.78. The first-order valence-electron chi connectivity index (χ1n) is 9.72. The Kier molecular flexibility index (Phi) is 5.58. The number of alkyl halides is 3. The lowest BCUT2D eigenvalue weighted by Crippen LogP contribution is -2.44. The number of amides is 1. The summed E-state index contributed by atoms with van der Waals surface area (Å²) < 4.78 is 53.9. The van der Waals surface area contributed by atoms with Crippen molar-refractivity contribution in [3.05, 3.63) is 82.3 Å². The molecule has 3 aromatic rings. The van der Waals surface area contributed by atoms with Gasteiger partial charge in [0.2, 0.25) is 5.91 Å². The lowest BCUT2D eigenvalue weighted by molar-refractivity contribution is -0.137. The van der Waals surface area contributed by atoms with E-state index in [1.807, 2.05) is 6.07 Å². The lowest BCUT2D eigenvalue weighted by atomic mass is 10.1. The zero-order valence-electron chi connectivity index (χ0n) is 17.1. The second-order valence-electron chi connectivity index (χ2n) is 7.57. The number of hydrogen-bond donors (Lipinski definition) is 0. The summed E-state index contributed by atoms with van der Waals surface area (Å²) in [6.45, 7) is 1.48. The predicted octanol–water partition coefficient (Wildman–Crippen LogP) is 5.93. The minimum Gasteiger partial charge on any atom is -0.314 e. The number of carbonyl (C=O) groups is 1. The van der Waals surface area contributed by atoms with E-state index in [1.54, 1.807) is 18.2 Å². The molecule has 1 unspecified atom stereocenters. The number of nitrogens with zero attached hydrogens (tertiary/aromatic N) is 3. The van der Waals surface area contributed by atoms with Crippen LogP contribution >= 0.6 is 11.6 Å². The van der Waals surface area contributed by atoms with Gasteiger partial charge >= 0.3 is 6.18 Å². The Morgan fingerprint density at radius 2 is 1.88 bits per heavy atom. The third-order valence-corrected chi connectivity index (χ3v) is 5.69. The minimum absolute atomic E-state index is 0.0335. The summed E-state index contributed by atoms with van der Waals surface area (Å²) in [5, 5.41) is -0.135. The number of halogens is 5. The molecule has 4 nitrogen and oxygen atoms in total.